The SMILES string of the molecule is COCCc1ccccc1NC(C)c1ccc(F)cc1F. The Morgan fingerprint density at radius 1 is 1.14 bits per heavy atom. The number of nitrogens with one attached hydrogen (secondary N) is 1. The fourth-order valence-electron chi connectivity index (χ4n) is 2.25. The van der Waals surface area contributed by atoms with Crippen molar-refractivity contribution in [1.82, 2.24) is 0 Å². The highest BCUT2D eigenvalue weighted by atomic mass is 19.1. The number of benzene rings is 2. The molecule has 2 aromatic carbocycles. The van der Waals surface area contributed by atoms with Gasteiger partial charge < -0.3 is 10.1 Å². The van der Waals surface area contributed by atoms with Gasteiger partial charge in [-0.3, -0.25) is 0 Å². The molecule has 21 heavy (non-hydrogen) atoms. The molecule has 0 spiro atoms. The van der Waals surface area contributed by atoms with Crippen LogP contribution in [0.25, 0.3) is 0 Å². The lowest BCUT2D eigenvalue weighted by atomic mass is 10.1. The fraction of sp³-hybridized carbons (Fsp3) is 0.294. The summed E-state index contributed by atoms with van der Waals surface area (Å²) >= 11 is 0. The largest absolute Gasteiger partial charge is 0.384 e. The predicted octanol–water partition coefficient (Wildman–Crippen LogP) is 4.33. The van der Waals surface area contributed by atoms with E-state index in [1.165, 1.54) is 12.1 Å². The van der Waals surface area contributed by atoms with E-state index in [-0.39, 0.29) is 6.04 Å². The Morgan fingerprint density at radius 3 is 2.62 bits per heavy atom. The lowest BCUT2D eigenvalue weighted by Crippen LogP contribution is -2.11. The van der Waals surface area contributed by atoms with Crippen molar-refractivity contribution in [3.63, 3.8) is 0 Å². The van der Waals surface area contributed by atoms with Crippen LogP contribution in [-0.2, 0) is 11.2 Å². The highest BCUT2D eigenvalue weighted by Crippen LogP contribution is 2.25. The maximum atomic E-state index is 13.8. The molecular formula is C17H19F2NO. The quantitative estimate of drug-likeness (QED) is 0.855. The van der Waals surface area contributed by atoms with Crippen LogP contribution < -0.4 is 5.32 Å². The molecule has 2 rings (SSSR count). The van der Waals surface area contributed by atoms with Gasteiger partial charge in [0.2, 0.25) is 0 Å². The number of hydrogen-bond acceptors (Lipinski definition) is 2. The molecule has 0 aliphatic carbocycles. The Balaban J connectivity index is 2.17. The molecule has 0 bridgehead atoms. The first-order valence-corrected chi connectivity index (χ1v) is 6.90. The number of anilines is 1. The lowest BCUT2D eigenvalue weighted by Gasteiger charge is -2.19. The normalized spacial score (nSPS) is 12.2. The standard InChI is InChI=1S/C17H19F2NO/c1-12(15-8-7-14(18)11-16(15)19)20-17-6-4-3-5-13(17)9-10-21-2/h3-8,11-12,20H,9-10H2,1-2H3. The third-order valence-corrected chi connectivity index (χ3v) is 3.39. The molecule has 0 aliphatic rings. The van der Waals surface area contributed by atoms with Crippen molar-refractivity contribution in [2.24, 2.45) is 0 Å². The minimum atomic E-state index is -0.566. The number of methoxy groups -OCH3 is 1. The molecule has 1 atom stereocenters. The first-order valence-electron chi connectivity index (χ1n) is 6.90. The monoisotopic (exact) mass is 291 g/mol. The minimum absolute atomic E-state index is 0.255. The molecule has 0 heterocycles. The van der Waals surface area contributed by atoms with Gasteiger partial charge in [-0.2, -0.15) is 0 Å². The molecule has 4 heteroatoms. The van der Waals surface area contributed by atoms with E-state index >= 15 is 0 Å². The molecule has 112 valence electrons. The second kappa shape index (κ2) is 7.18. The molecule has 0 radical (unpaired) electrons. The summed E-state index contributed by atoms with van der Waals surface area (Å²) in [4.78, 5) is 0. The summed E-state index contributed by atoms with van der Waals surface area (Å²) < 4.78 is 31.9. The highest BCUT2D eigenvalue weighted by molar-refractivity contribution is 5.52. The second-order valence-electron chi connectivity index (χ2n) is 4.93. The summed E-state index contributed by atoms with van der Waals surface area (Å²) in [6.07, 6.45) is 0.776. The summed E-state index contributed by atoms with van der Waals surface area (Å²) in [5, 5.41) is 3.28. The van der Waals surface area contributed by atoms with Crippen LogP contribution in [0.5, 0.6) is 0 Å². The molecule has 0 aliphatic heterocycles. The van der Waals surface area contributed by atoms with E-state index < -0.39 is 11.6 Å². The molecular weight excluding hydrogens is 272 g/mol. The Hall–Kier alpha value is -1.94. The van der Waals surface area contributed by atoms with Crippen LogP contribution in [0.2, 0.25) is 0 Å². The van der Waals surface area contributed by atoms with Crippen molar-refractivity contribution in [2.45, 2.75) is 19.4 Å². The van der Waals surface area contributed by atoms with Gasteiger partial charge >= 0.3 is 0 Å². The molecule has 2 aromatic rings. The number of rotatable bonds is 6. The second-order valence-corrected chi connectivity index (χ2v) is 4.93. The van der Waals surface area contributed by atoms with Gasteiger partial charge in [0, 0.05) is 24.4 Å². The average molecular weight is 291 g/mol. The number of para-hydroxylation sites is 1. The minimum Gasteiger partial charge on any atom is -0.384 e. The van der Waals surface area contributed by atoms with Gasteiger partial charge in [-0.25, -0.2) is 8.78 Å². The van der Waals surface area contributed by atoms with Crippen molar-refractivity contribution >= 4 is 5.69 Å². The van der Waals surface area contributed by atoms with Crippen molar-refractivity contribution < 1.29 is 13.5 Å². The number of hydrogen-bond donors (Lipinski definition) is 1. The van der Waals surface area contributed by atoms with E-state index in [4.69, 9.17) is 4.74 Å². The van der Waals surface area contributed by atoms with E-state index in [1.807, 2.05) is 31.2 Å². The molecule has 0 fully saturated rings. The van der Waals surface area contributed by atoms with E-state index in [1.54, 1.807) is 7.11 Å². The van der Waals surface area contributed by atoms with Crippen molar-refractivity contribution in [3.05, 3.63) is 65.2 Å². The molecule has 0 aromatic heterocycles. The topological polar surface area (TPSA) is 21.3 Å². The molecule has 0 amide bonds. The first-order chi connectivity index (χ1) is 10.1. The lowest BCUT2D eigenvalue weighted by molar-refractivity contribution is 0.202. The van der Waals surface area contributed by atoms with Gasteiger partial charge in [-0.1, -0.05) is 24.3 Å². The summed E-state index contributed by atoms with van der Waals surface area (Å²) in [5.41, 5.74) is 2.48. The van der Waals surface area contributed by atoms with E-state index in [2.05, 4.69) is 5.32 Å². The van der Waals surface area contributed by atoms with E-state index in [0.29, 0.717) is 12.2 Å². The number of ether oxygens (including phenoxy) is 1. The Kier molecular flexibility index (Phi) is 5.28. The van der Waals surface area contributed by atoms with Crippen LogP contribution in [-0.4, -0.2) is 13.7 Å². The smallest absolute Gasteiger partial charge is 0.131 e. The van der Waals surface area contributed by atoms with Crippen molar-refractivity contribution in [2.75, 3.05) is 19.0 Å². The maximum absolute atomic E-state index is 13.8. The van der Waals surface area contributed by atoms with E-state index in [0.717, 1.165) is 23.7 Å². The summed E-state index contributed by atoms with van der Waals surface area (Å²) in [6.45, 7) is 2.47. The third-order valence-electron chi connectivity index (χ3n) is 3.39. The fourth-order valence-corrected chi connectivity index (χ4v) is 2.25. The van der Waals surface area contributed by atoms with Crippen LogP contribution in [0.1, 0.15) is 24.1 Å². The van der Waals surface area contributed by atoms with Gasteiger partial charge in [0.1, 0.15) is 11.6 Å². The average Bonchev–Trinajstić information content (AvgIpc) is 2.46. The first kappa shape index (κ1) is 15.4. The van der Waals surface area contributed by atoms with Crippen LogP contribution in [0.15, 0.2) is 42.5 Å². The molecule has 1 unspecified atom stereocenters. The Labute approximate surface area is 123 Å². The van der Waals surface area contributed by atoms with Crippen molar-refractivity contribution in [3.8, 4) is 0 Å². The van der Waals surface area contributed by atoms with Gasteiger partial charge in [0.15, 0.2) is 0 Å². The maximum Gasteiger partial charge on any atom is 0.131 e. The van der Waals surface area contributed by atoms with Crippen LogP contribution in [0.3, 0.4) is 0 Å². The zero-order chi connectivity index (χ0) is 15.2. The third kappa shape index (κ3) is 4.02. The van der Waals surface area contributed by atoms with Gasteiger partial charge in [0.25, 0.3) is 0 Å². The molecule has 1 N–H and O–H groups in total. The summed E-state index contributed by atoms with van der Waals surface area (Å²) in [6, 6.07) is 11.2. The molecule has 2 nitrogen and oxygen atoms in total. The summed E-state index contributed by atoms with van der Waals surface area (Å²) in [5.74, 6) is -1.10. The Bertz CT molecular complexity index is 601. The van der Waals surface area contributed by atoms with E-state index in [9.17, 15) is 8.78 Å². The predicted molar refractivity (Wildman–Crippen MR) is 80.4 cm³/mol. The summed E-state index contributed by atoms with van der Waals surface area (Å²) in [7, 11) is 1.66. The zero-order valence-electron chi connectivity index (χ0n) is 12.2. The molecule has 0 saturated carbocycles. The van der Waals surface area contributed by atoms with Gasteiger partial charge in [0.05, 0.1) is 12.6 Å². The van der Waals surface area contributed by atoms with Crippen LogP contribution in [0.4, 0.5) is 14.5 Å². The Morgan fingerprint density at radius 2 is 1.90 bits per heavy atom. The van der Waals surface area contributed by atoms with Crippen LogP contribution >= 0.6 is 0 Å². The number of halogens is 2. The zero-order valence-corrected chi connectivity index (χ0v) is 12.2. The highest BCUT2D eigenvalue weighted by Gasteiger charge is 2.13. The van der Waals surface area contributed by atoms with Gasteiger partial charge in [-0.15, -0.1) is 0 Å². The van der Waals surface area contributed by atoms with Crippen LogP contribution in [0, 0.1) is 11.6 Å². The van der Waals surface area contributed by atoms with Crippen molar-refractivity contribution in [1.29, 1.82) is 0 Å². The molecule has 0 saturated heterocycles. The van der Waals surface area contributed by atoms with Gasteiger partial charge in [-0.05, 0) is 31.0 Å².